The summed E-state index contributed by atoms with van der Waals surface area (Å²) in [6.07, 6.45) is 3.03. The lowest BCUT2D eigenvalue weighted by molar-refractivity contribution is -0.0345. The van der Waals surface area contributed by atoms with Crippen molar-refractivity contribution in [3.63, 3.8) is 0 Å². The zero-order chi connectivity index (χ0) is 22.7. The quantitative estimate of drug-likeness (QED) is 0.578. The molecule has 3 aliphatic rings. The number of rotatable bonds is 5. The van der Waals surface area contributed by atoms with E-state index in [1.807, 2.05) is 0 Å². The summed E-state index contributed by atoms with van der Waals surface area (Å²) in [7, 11) is 0. The number of amides is 1. The molecule has 3 fully saturated rings. The van der Waals surface area contributed by atoms with Crippen molar-refractivity contribution in [3.05, 3.63) is 71.9 Å². The monoisotopic (exact) mass is 452 g/mol. The van der Waals surface area contributed by atoms with Crippen molar-refractivity contribution in [2.24, 2.45) is 11.3 Å². The van der Waals surface area contributed by atoms with Crippen LogP contribution in [-0.2, 0) is 0 Å². The largest absolute Gasteiger partial charge is 0.472 e. The van der Waals surface area contributed by atoms with Gasteiger partial charge in [-0.05, 0) is 43.0 Å². The van der Waals surface area contributed by atoms with Crippen LogP contribution in [0.4, 0.5) is 13.2 Å². The van der Waals surface area contributed by atoms with E-state index in [4.69, 9.17) is 4.74 Å². The number of alkyl halides is 2. The molecule has 3 aromatic rings. The van der Waals surface area contributed by atoms with Gasteiger partial charge >= 0.3 is 0 Å². The van der Waals surface area contributed by atoms with Crippen molar-refractivity contribution in [3.8, 4) is 17.3 Å². The number of halogens is 3. The molecule has 3 heterocycles. The lowest BCUT2D eigenvalue weighted by Gasteiger charge is -2.47. The Kier molecular flexibility index (Phi) is 4.43. The first-order chi connectivity index (χ1) is 16.0. The molecule has 4 atom stereocenters. The number of hydrogen-bond acceptors (Lipinski definition) is 5. The van der Waals surface area contributed by atoms with Gasteiger partial charge in [0.25, 0.3) is 12.3 Å². The number of benzene rings is 1. The molecule has 1 saturated heterocycles. The van der Waals surface area contributed by atoms with E-state index in [0.29, 0.717) is 12.5 Å². The van der Waals surface area contributed by atoms with Crippen molar-refractivity contribution >= 4 is 5.91 Å². The minimum Gasteiger partial charge on any atom is -0.472 e. The highest BCUT2D eigenvalue weighted by atomic mass is 19.3. The van der Waals surface area contributed by atoms with Crippen LogP contribution in [0.3, 0.4) is 0 Å². The van der Waals surface area contributed by atoms with E-state index in [0.717, 1.165) is 19.0 Å². The zero-order valence-corrected chi connectivity index (χ0v) is 17.4. The Hall–Kier alpha value is -3.49. The molecule has 0 radical (unpaired) electrons. The van der Waals surface area contributed by atoms with Crippen molar-refractivity contribution in [1.29, 1.82) is 0 Å². The van der Waals surface area contributed by atoms with Gasteiger partial charge in [0.15, 0.2) is 5.82 Å². The summed E-state index contributed by atoms with van der Waals surface area (Å²) in [5.74, 6) is -0.0493. The predicted molar refractivity (Wildman–Crippen MR) is 111 cm³/mol. The van der Waals surface area contributed by atoms with E-state index < -0.39 is 12.2 Å². The second-order valence-corrected chi connectivity index (χ2v) is 8.86. The van der Waals surface area contributed by atoms with Crippen LogP contribution in [0.5, 0.6) is 5.88 Å². The van der Waals surface area contributed by atoms with Crippen molar-refractivity contribution in [1.82, 2.24) is 19.9 Å². The SMILES string of the molecule is O=C(c1cccc(F)c1-c1ncccn1)N1CC2CC23CC(Oc2ccc(C(F)F)cn2)C13. The molecule has 6 nitrogen and oxygen atoms in total. The predicted octanol–water partition coefficient (Wildman–Crippen LogP) is 4.30. The van der Waals surface area contributed by atoms with Gasteiger partial charge in [0.2, 0.25) is 5.88 Å². The van der Waals surface area contributed by atoms with Gasteiger partial charge in [-0.3, -0.25) is 4.79 Å². The highest BCUT2D eigenvalue weighted by Crippen LogP contribution is 2.71. The van der Waals surface area contributed by atoms with Crippen LogP contribution in [0.25, 0.3) is 11.4 Å². The Morgan fingerprint density at radius 2 is 1.91 bits per heavy atom. The van der Waals surface area contributed by atoms with E-state index in [2.05, 4.69) is 15.0 Å². The topological polar surface area (TPSA) is 68.2 Å². The normalized spacial score (nSPS) is 27.0. The molecule has 0 bridgehead atoms. The summed E-state index contributed by atoms with van der Waals surface area (Å²) in [6, 6.07) is 8.56. The third kappa shape index (κ3) is 3.09. The van der Waals surface area contributed by atoms with Gasteiger partial charge in [0.1, 0.15) is 11.9 Å². The summed E-state index contributed by atoms with van der Waals surface area (Å²) in [6.45, 7) is 0.576. The second kappa shape index (κ2) is 7.26. The molecule has 2 aromatic heterocycles. The Morgan fingerprint density at radius 3 is 2.64 bits per heavy atom. The minimum absolute atomic E-state index is 0.0278. The Balaban J connectivity index is 1.28. The molecule has 33 heavy (non-hydrogen) atoms. The minimum atomic E-state index is -2.59. The number of ether oxygens (including phenoxy) is 1. The third-order valence-electron chi connectivity index (χ3n) is 7.13. The summed E-state index contributed by atoms with van der Waals surface area (Å²) >= 11 is 0. The smallest absolute Gasteiger partial charge is 0.265 e. The van der Waals surface area contributed by atoms with Crippen LogP contribution in [0.15, 0.2) is 55.0 Å². The fourth-order valence-corrected chi connectivity index (χ4v) is 5.51. The molecule has 1 amide bonds. The van der Waals surface area contributed by atoms with E-state index in [-0.39, 0.29) is 51.9 Å². The van der Waals surface area contributed by atoms with Crippen LogP contribution in [0, 0.1) is 17.2 Å². The maximum Gasteiger partial charge on any atom is 0.265 e. The average Bonchev–Trinajstić information content (AvgIpc) is 3.47. The third-order valence-corrected chi connectivity index (χ3v) is 7.13. The van der Waals surface area contributed by atoms with Crippen molar-refractivity contribution in [2.75, 3.05) is 6.54 Å². The Labute approximate surface area is 187 Å². The molecular formula is C24H19F3N4O2. The standard InChI is InChI=1S/C24H19F3N4O2/c25-16-4-1-3-15(19(16)22-28-7-2-8-29-22)23(32)31-12-14-9-24(14)10-17(20(24)31)33-18-6-5-13(11-30-18)21(26)27/h1-8,11,14,17,20-21H,9-10,12H2. The number of piperidine rings is 1. The van der Waals surface area contributed by atoms with Gasteiger partial charge in [-0.2, -0.15) is 0 Å². The maximum absolute atomic E-state index is 14.8. The number of nitrogens with zero attached hydrogens (tertiary/aromatic N) is 4. The van der Waals surface area contributed by atoms with Gasteiger partial charge in [-0.1, -0.05) is 6.07 Å². The maximum atomic E-state index is 14.8. The molecule has 2 saturated carbocycles. The second-order valence-electron chi connectivity index (χ2n) is 8.86. The van der Waals surface area contributed by atoms with Gasteiger partial charge in [-0.15, -0.1) is 0 Å². The van der Waals surface area contributed by atoms with Gasteiger partial charge in [-0.25, -0.2) is 28.1 Å². The zero-order valence-electron chi connectivity index (χ0n) is 17.4. The van der Waals surface area contributed by atoms with Crippen LogP contribution < -0.4 is 4.74 Å². The Morgan fingerprint density at radius 1 is 1.09 bits per heavy atom. The van der Waals surface area contributed by atoms with E-state index >= 15 is 0 Å². The number of carbonyl (C=O) groups excluding carboxylic acids is 1. The van der Waals surface area contributed by atoms with Gasteiger partial charge in [0, 0.05) is 42.2 Å². The number of carbonyl (C=O) groups is 1. The molecular weight excluding hydrogens is 433 g/mol. The number of aromatic nitrogens is 3. The van der Waals surface area contributed by atoms with Crippen LogP contribution in [-0.4, -0.2) is 44.4 Å². The summed E-state index contributed by atoms with van der Waals surface area (Å²) in [5.41, 5.74) is 0.149. The number of likely N-dealkylation sites (tertiary alicyclic amines) is 1. The molecule has 0 N–H and O–H groups in total. The summed E-state index contributed by atoms with van der Waals surface area (Å²) < 4.78 is 46.4. The summed E-state index contributed by atoms with van der Waals surface area (Å²) in [5, 5.41) is 0. The number of hydrogen-bond donors (Lipinski definition) is 0. The van der Waals surface area contributed by atoms with Crippen LogP contribution >= 0.6 is 0 Å². The molecule has 2 aliphatic carbocycles. The lowest BCUT2D eigenvalue weighted by Crippen LogP contribution is -2.59. The first-order valence-electron chi connectivity index (χ1n) is 10.8. The average molecular weight is 452 g/mol. The molecule has 1 aliphatic heterocycles. The van der Waals surface area contributed by atoms with E-state index in [1.54, 1.807) is 17.0 Å². The van der Waals surface area contributed by atoms with Crippen LogP contribution in [0.1, 0.15) is 35.2 Å². The molecule has 6 rings (SSSR count). The van der Waals surface area contributed by atoms with E-state index in [9.17, 15) is 18.0 Å². The fourth-order valence-electron chi connectivity index (χ4n) is 5.51. The molecule has 4 unspecified atom stereocenters. The van der Waals surface area contributed by atoms with Crippen LogP contribution in [0.2, 0.25) is 0 Å². The van der Waals surface area contributed by atoms with Crippen molar-refractivity contribution < 1.29 is 22.7 Å². The molecule has 168 valence electrons. The van der Waals surface area contributed by atoms with Crippen molar-refractivity contribution in [2.45, 2.75) is 31.4 Å². The highest BCUT2D eigenvalue weighted by Gasteiger charge is 2.76. The molecule has 1 aromatic carbocycles. The number of pyridine rings is 1. The molecule has 1 spiro atoms. The molecule has 9 heteroatoms. The van der Waals surface area contributed by atoms with Gasteiger partial charge < -0.3 is 9.64 Å². The first-order valence-corrected chi connectivity index (χ1v) is 10.8. The van der Waals surface area contributed by atoms with Gasteiger partial charge in [0.05, 0.1) is 17.2 Å². The lowest BCUT2D eigenvalue weighted by atomic mass is 9.73. The Bertz CT molecular complexity index is 1220. The first kappa shape index (κ1) is 20.1. The highest BCUT2D eigenvalue weighted by molar-refractivity contribution is 6.01. The summed E-state index contributed by atoms with van der Waals surface area (Å²) in [4.78, 5) is 27.6. The fraction of sp³-hybridized carbons (Fsp3) is 0.333. The van der Waals surface area contributed by atoms with E-state index in [1.165, 1.54) is 36.7 Å².